The number of anilines is 2. The summed E-state index contributed by atoms with van der Waals surface area (Å²) in [7, 11) is 5.11. The minimum atomic E-state index is -0.129. The Labute approximate surface area is 154 Å². The molecule has 0 aliphatic rings. The Kier molecular flexibility index (Phi) is 7.02. The van der Waals surface area contributed by atoms with E-state index in [9.17, 15) is 9.59 Å². The van der Waals surface area contributed by atoms with Crippen molar-refractivity contribution in [2.75, 3.05) is 38.4 Å². The molecule has 0 unspecified atom stereocenters. The van der Waals surface area contributed by atoms with Crippen LogP contribution in [0.3, 0.4) is 0 Å². The van der Waals surface area contributed by atoms with Gasteiger partial charge in [-0.1, -0.05) is 12.1 Å². The second kappa shape index (κ2) is 9.46. The predicted molar refractivity (Wildman–Crippen MR) is 104 cm³/mol. The summed E-state index contributed by atoms with van der Waals surface area (Å²) < 4.78 is 5.09. The number of rotatable bonds is 8. The lowest BCUT2D eigenvalue weighted by Crippen LogP contribution is -2.22. The summed E-state index contributed by atoms with van der Waals surface area (Å²) in [4.78, 5) is 25.2. The molecule has 2 aromatic carbocycles. The molecule has 2 rings (SSSR count). The standard InChI is InChI=1S/C20H25N3O3/c1-23(2)20(25)13-6-15-4-7-16(8-5-15)21-14-19(24)22-17-9-11-18(26-3)12-10-17/h4-5,7-12,21H,6,13-14H2,1-3H3,(H,22,24). The molecule has 0 atom stereocenters. The van der Waals surface area contributed by atoms with Crippen LogP contribution in [0.2, 0.25) is 0 Å². The summed E-state index contributed by atoms with van der Waals surface area (Å²) in [5, 5.41) is 5.90. The first-order chi connectivity index (χ1) is 12.5. The van der Waals surface area contributed by atoms with Gasteiger partial charge in [0.1, 0.15) is 5.75 Å². The van der Waals surface area contributed by atoms with Gasteiger partial charge in [0.05, 0.1) is 13.7 Å². The van der Waals surface area contributed by atoms with Crippen molar-refractivity contribution in [3.63, 3.8) is 0 Å². The molecule has 0 aliphatic heterocycles. The van der Waals surface area contributed by atoms with E-state index in [0.29, 0.717) is 12.8 Å². The van der Waals surface area contributed by atoms with Gasteiger partial charge in [-0.3, -0.25) is 9.59 Å². The molecule has 2 amide bonds. The minimum absolute atomic E-state index is 0.113. The maximum Gasteiger partial charge on any atom is 0.243 e. The fraction of sp³-hybridized carbons (Fsp3) is 0.300. The number of nitrogens with one attached hydrogen (secondary N) is 2. The van der Waals surface area contributed by atoms with Crippen molar-refractivity contribution < 1.29 is 14.3 Å². The van der Waals surface area contributed by atoms with E-state index in [1.807, 2.05) is 24.3 Å². The van der Waals surface area contributed by atoms with E-state index in [1.165, 1.54) is 0 Å². The Bertz CT molecular complexity index is 725. The first-order valence-electron chi connectivity index (χ1n) is 8.45. The third-order valence-corrected chi connectivity index (χ3v) is 3.91. The van der Waals surface area contributed by atoms with Gasteiger partial charge in [0.2, 0.25) is 11.8 Å². The van der Waals surface area contributed by atoms with E-state index in [2.05, 4.69) is 10.6 Å². The van der Waals surface area contributed by atoms with Crippen molar-refractivity contribution in [3.05, 3.63) is 54.1 Å². The molecule has 0 aromatic heterocycles. The molecular weight excluding hydrogens is 330 g/mol. The second-order valence-corrected chi connectivity index (χ2v) is 6.12. The van der Waals surface area contributed by atoms with Crippen LogP contribution in [0.1, 0.15) is 12.0 Å². The predicted octanol–water partition coefficient (Wildman–Crippen LogP) is 2.77. The highest BCUT2D eigenvalue weighted by Crippen LogP contribution is 2.15. The number of methoxy groups -OCH3 is 1. The quantitative estimate of drug-likeness (QED) is 0.764. The fourth-order valence-electron chi connectivity index (χ4n) is 2.33. The highest BCUT2D eigenvalue weighted by molar-refractivity contribution is 5.93. The van der Waals surface area contributed by atoms with Crippen molar-refractivity contribution in [1.82, 2.24) is 4.90 Å². The number of nitrogens with zero attached hydrogens (tertiary/aromatic N) is 1. The van der Waals surface area contributed by atoms with Gasteiger partial charge in [0.25, 0.3) is 0 Å². The molecule has 0 bridgehead atoms. The van der Waals surface area contributed by atoms with Gasteiger partial charge in [-0.25, -0.2) is 0 Å². The molecular formula is C20H25N3O3. The molecule has 6 nitrogen and oxygen atoms in total. The first-order valence-corrected chi connectivity index (χ1v) is 8.45. The number of ether oxygens (including phenoxy) is 1. The van der Waals surface area contributed by atoms with Gasteiger partial charge in [-0.15, -0.1) is 0 Å². The minimum Gasteiger partial charge on any atom is -0.497 e. The van der Waals surface area contributed by atoms with Gasteiger partial charge in [-0.2, -0.15) is 0 Å². The third-order valence-electron chi connectivity index (χ3n) is 3.91. The smallest absolute Gasteiger partial charge is 0.243 e. The van der Waals surface area contributed by atoms with Gasteiger partial charge >= 0.3 is 0 Å². The van der Waals surface area contributed by atoms with Crippen LogP contribution in [0.4, 0.5) is 11.4 Å². The van der Waals surface area contributed by atoms with Gasteiger partial charge < -0.3 is 20.3 Å². The van der Waals surface area contributed by atoms with E-state index < -0.39 is 0 Å². The number of carbonyl (C=O) groups is 2. The summed E-state index contributed by atoms with van der Waals surface area (Å²) in [5.74, 6) is 0.728. The highest BCUT2D eigenvalue weighted by Gasteiger charge is 2.05. The fourth-order valence-corrected chi connectivity index (χ4v) is 2.33. The topological polar surface area (TPSA) is 70.7 Å². The molecule has 2 N–H and O–H groups in total. The van der Waals surface area contributed by atoms with Crippen LogP contribution < -0.4 is 15.4 Å². The zero-order valence-corrected chi connectivity index (χ0v) is 15.4. The Morgan fingerprint density at radius 2 is 1.58 bits per heavy atom. The van der Waals surface area contributed by atoms with Crippen molar-refractivity contribution >= 4 is 23.2 Å². The number of benzene rings is 2. The summed E-state index contributed by atoms with van der Waals surface area (Å²) in [6, 6.07) is 14.9. The molecule has 0 saturated carbocycles. The zero-order chi connectivity index (χ0) is 18.9. The Morgan fingerprint density at radius 3 is 2.15 bits per heavy atom. The maximum atomic E-state index is 12.0. The van der Waals surface area contributed by atoms with E-state index in [0.717, 1.165) is 22.7 Å². The SMILES string of the molecule is COc1ccc(NC(=O)CNc2ccc(CCC(=O)N(C)C)cc2)cc1. The molecule has 0 heterocycles. The number of carbonyl (C=O) groups excluding carboxylic acids is 2. The Hall–Kier alpha value is -3.02. The van der Waals surface area contributed by atoms with Gasteiger partial charge in [-0.05, 0) is 48.4 Å². The molecule has 0 radical (unpaired) electrons. The first kappa shape index (κ1) is 19.3. The number of aryl methyl sites for hydroxylation is 1. The van der Waals surface area contributed by atoms with E-state index in [4.69, 9.17) is 4.74 Å². The normalized spacial score (nSPS) is 10.1. The molecule has 0 spiro atoms. The summed E-state index contributed by atoms with van der Waals surface area (Å²) in [5.41, 5.74) is 2.67. The zero-order valence-electron chi connectivity index (χ0n) is 15.4. The summed E-state index contributed by atoms with van der Waals surface area (Å²) >= 11 is 0. The van der Waals surface area contributed by atoms with Crippen LogP contribution in [0.25, 0.3) is 0 Å². The molecule has 2 aromatic rings. The summed E-state index contributed by atoms with van der Waals surface area (Å²) in [6.07, 6.45) is 1.19. The average molecular weight is 355 g/mol. The van der Waals surface area contributed by atoms with E-state index >= 15 is 0 Å². The van der Waals surface area contributed by atoms with E-state index in [-0.39, 0.29) is 18.4 Å². The van der Waals surface area contributed by atoms with E-state index in [1.54, 1.807) is 50.4 Å². The van der Waals surface area contributed by atoms with Crippen LogP contribution in [-0.4, -0.2) is 44.5 Å². The van der Waals surface area contributed by atoms with Crippen LogP contribution in [-0.2, 0) is 16.0 Å². The largest absolute Gasteiger partial charge is 0.497 e. The average Bonchev–Trinajstić information content (AvgIpc) is 2.65. The second-order valence-electron chi connectivity index (χ2n) is 6.12. The lowest BCUT2D eigenvalue weighted by molar-refractivity contribution is -0.128. The molecule has 6 heteroatoms. The highest BCUT2D eigenvalue weighted by atomic mass is 16.5. The van der Waals surface area contributed by atoms with Crippen molar-refractivity contribution in [2.24, 2.45) is 0 Å². The molecule has 26 heavy (non-hydrogen) atoms. The number of hydrogen-bond donors (Lipinski definition) is 2. The molecule has 0 fully saturated rings. The molecule has 138 valence electrons. The maximum absolute atomic E-state index is 12.0. The summed E-state index contributed by atoms with van der Waals surface area (Å²) in [6.45, 7) is 0.171. The van der Waals surface area contributed by atoms with Crippen LogP contribution in [0.5, 0.6) is 5.75 Å². The van der Waals surface area contributed by atoms with Crippen molar-refractivity contribution in [1.29, 1.82) is 0 Å². The monoisotopic (exact) mass is 355 g/mol. The Balaban J connectivity index is 1.77. The van der Waals surface area contributed by atoms with Crippen molar-refractivity contribution in [3.8, 4) is 5.75 Å². The van der Waals surface area contributed by atoms with Crippen LogP contribution in [0, 0.1) is 0 Å². The number of hydrogen-bond acceptors (Lipinski definition) is 4. The van der Waals surface area contributed by atoms with Crippen LogP contribution >= 0.6 is 0 Å². The van der Waals surface area contributed by atoms with Crippen molar-refractivity contribution in [2.45, 2.75) is 12.8 Å². The van der Waals surface area contributed by atoms with Gasteiger partial charge in [0.15, 0.2) is 0 Å². The third kappa shape index (κ3) is 6.12. The molecule has 0 aliphatic carbocycles. The number of amides is 2. The Morgan fingerprint density at radius 1 is 0.962 bits per heavy atom. The lowest BCUT2D eigenvalue weighted by Gasteiger charge is -2.11. The van der Waals surface area contributed by atoms with Crippen LogP contribution in [0.15, 0.2) is 48.5 Å². The molecule has 0 saturated heterocycles. The lowest BCUT2D eigenvalue weighted by atomic mass is 10.1. The van der Waals surface area contributed by atoms with Gasteiger partial charge in [0, 0.05) is 31.9 Å².